The molecule has 1 aromatic carbocycles. The van der Waals surface area contributed by atoms with Gasteiger partial charge < -0.3 is 9.84 Å². The van der Waals surface area contributed by atoms with Crippen LogP contribution in [0.4, 0.5) is 0 Å². The number of rotatable bonds is 3. The van der Waals surface area contributed by atoms with Gasteiger partial charge in [-0.2, -0.15) is 0 Å². The summed E-state index contributed by atoms with van der Waals surface area (Å²) in [6.07, 6.45) is 1.83. The Morgan fingerprint density at radius 2 is 2.13 bits per heavy atom. The molecule has 0 unspecified atom stereocenters. The number of H-pyrrole nitrogens is 1. The predicted octanol–water partition coefficient (Wildman–Crippen LogP) is 2.28. The number of aromatic nitrogens is 2. The van der Waals surface area contributed by atoms with Crippen molar-refractivity contribution in [3.05, 3.63) is 62.8 Å². The maximum absolute atomic E-state index is 11.8. The second-order valence-corrected chi connectivity index (χ2v) is 6.53. The van der Waals surface area contributed by atoms with Crippen molar-refractivity contribution in [1.29, 1.82) is 0 Å². The molecule has 0 spiro atoms. The first kappa shape index (κ1) is 16.1. The maximum Gasteiger partial charge on any atom is 0.254 e. The number of aryl methyl sites for hydroxylation is 1. The first-order chi connectivity index (χ1) is 10.9. The zero-order chi connectivity index (χ0) is 16.6. The highest BCUT2D eigenvalue weighted by molar-refractivity contribution is 7.71. The minimum Gasteiger partial charge on any atom is -0.390 e. The maximum atomic E-state index is 11.8. The van der Waals surface area contributed by atoms with Gasteiger partial charge in [0, 0.05) is 24.6 Å². The molecule has 0 radical (unpaired) electrons. The van der Waals surface area contributed by atoms with Crippen LogP contribution in [0.25, 0.3) is 0 Å². The van der Waals surface area contributed by atoms with E-state index in [0.717, 1.165) is 5.56 Å². The minimum absolute atomic E-state index is 0.201. The second-order valence-electron chi connectivity index (χ2n) is 6.14. The second kappa shape index (κ2) is 6.03. The molecule has 0 aliphatic carbocycles. The van der Waals surface area contributed by atoms with E-state index in [0.29, 0.717) is 23.2 Å². The lowest BCUT2D eigenvalue weighted by Crippen LogP contribution is -2.38. The number of nitrogens with zero attached hydrogens (tertiary/aromatic N) is 1. The fraction of sp³-hybridized carbons (Fsp3) is 0.412. The number of aliphatic hydroxyl groups excluding tert-OH is 1. The van der Waals surface area contributed by atoms with Crippen molar-refractivity contribution < 1.29 is 9.84 Å². The molecular weight excluding hydrogens is 312 g/mol. The van der Waals surface area contributed by atoms with Crippen molar-refractivity contribution in [2.75, 3.05) is 0 Å². The lowest BCUT2D eigenvalue weighted by atomic mass is 9.97. The lowest BCUT2D eigenvalue weighted by Gasteiger charge is -2.32. The van der Waals surface area contributed by atoms with Crippen LogP contribution in [0, 0.1) is 11.7 Å². The van der Waals surface area contributed by atoms with E-state index in [-0.39, 0.29) is 11.7 Å². The summed E-state index contributed by atoms with van der Waals surface area (Å²) in [5.41, 5.74) is 0.641. The molecule has 0 saturated carbocycles. The lowest BCUT2D eigenvalue weighted by molar-refractivity contribution is -0.0985. The van der Waals surface area contributed by atoms with Crippen LogP contribution in [0.3, 0.4) is 0 Å². The molecule has 1 aliphatic rings. The Morgan fingerprint density at radius 3 is 2.74 bits per heavy atom. The molecule has 5 nitrogen and oxygen atoms in total. The van der Waals surface area contributed by atoms with Gasteiger partial charge in [-0.25, -0.2) is 0 Å². The molecule has 1 saturated heterocycles. The van der Waals surface area contributed by atoms with Gasteiger partial charge in [0.15, 0.2) is 10.5 Å². The normalized spacial score (nSPS) is 27.3. The summed E-state index contributed by atoms with van der Waals surface area (Å²) in [5.74, 6) is 0. The molecule has 3 rings (SSSR count). The van der Waals surface area contributed by atoms with Gasteiger partial charge in [-0.3, -0.25) is 14.3 Å². The molecule has 2 aromatic rings. The molecule has 0 bridgehead atoms. The van der Waals surface area contributed by atoms with Crippen LogP contribution in [-0.2, 0) is 16.9 Å². The van der Waals surface area contributed by atoms with Crippen molar-refractivity contribution in [1.82, 2.24) is 9.55 Å². The molecule has 0 amide bonds. The Kier molecular flexibility index (Phi) is 4.23. The van der Waals surface area contributed by atoms with Crippen LogP contribution < -0.4 is 5.56 Å². The fourth-order valence-electron chi connectivity index (χ4n) is 3.10. The Hall–Kier alpha value is -1.76. The van der Waals surface area contributed by atoms with Gasteiger partial charge in [0.25, 0.3) is 5.56 Å². The van der Waals surface area contributed by atoms with E-state index < -0.39 is 11.8 Å². The molecule has 122 valence electrons. The van der Waals surface area contributed by atoms with E-state index in [1.807, 2.05) is 37.3 Å². The highest BCUT2D eigenvalue weighted by Gasteiger charge is 2.45. The Balaban J connectivity index is 2.12. The van der Waals surface area contributed by atoms with Crippen LogP contribution >= 0.6 is 12.2 Å². The number of ether oxygens (including phenoxy) is 1. The first-order valence-electron chi connectivity index (χ1n) is 7.64. The van der Waals surface area contributed by atoms with Crippen LogP contribution in [0.5, 0.6) is 0 Å². The smallest absolute Gasteiger partial charge is 0.254 e. The van der Waals surface area contributed by atoms with Gasteiger partial charge in [-0.05, 0) is 31.6 Å². The molecule has 2 heterocycles. The van der Waals surface area contributed by atoms with Crippen LogP contribution in [0.2, 0.25) is 0 Å². The fourth-order valence-corrected chi connectivity index (χ4v) is 3.42. The van der Waals surface area contributed by atoms with Gasteiger partial charge >= 0.3 is 0 Å². The largest absolute Gasteiger partial charge is 0.390 e. The molecule has 1 aliphatic heterocycles. The van der Waals surface area contributed by atoms with E-state index in [1.165, 1.54) is 0 Å². The number of aromatic amines is 1. The molecule has 1 fully saturated rings. The predicted molar refractivity (Wildman–Crippen MR) is 89.9 cm³/mol. The average Bonchev–Trinajstić information content (AvgIpc) is 2.79. The first-order valence-corrected chi connectivity index (χ1v) is 8.05. The number of benzene rings is 1. The van der Waals surface area contributed by atoms with E-state index in [1.54, 1.807) is 17.7 Å². The van der Waals surface area contributed by atoms with Gasteiger partial charge in [0.05, 0.1) is 12.2 Å². The van der Waals surface area contributed by atoms with Gasteiger partial charge in [0.2, 0.25) is 0 Å². The van der Waals surface area contributed by atoms with Crippen molar-refractivity contribution in [3.63, 3.8) is 0 Å². The van der Waals surface area contributed by atoms with E-state index in [2.05, 4.69) is 4.98 Å². The summed E-state index contributed by atoms with van der Waals surface area (Å²) in [6.45, 7) is 3.58. The Morgan fingerprint density at radius 1 is 1.43 bits per heavy atom. The Bertz CT molecular complexity index is 803. The third kappa shape index (κ3) is 3.02. The number of aliphatic hydroxyl groups is 1. The molecule has 2 N–H and O–H groups in total. The van der Waals surface area contributed by atoms with Crippen molar-refractivity contribution in [2.24, 2.45) is 0 Å². The monoisotopic (exact) mass is 332 g/mol. The molecule has 23 heavy (non-hydrogen) atoms. The topological polar surface area (TPSA) is 67.2 Å². The SMILES string of the molecule is Cc1cn([C@@]2(Cc3ccccc3)C[C@H](O)[C@@H](C)O2)c(=S)[nH]c1=O. The van der Waals surface area contributed by atoms with Gasteiger partial charge in [0.1, 0.15) is 0 Å². The summed E-state index contributed by atoms with van der Waals surface area (Å²) in [5, 5.41) is 10.2. The number of nitrogens with one attached hydrogen (secondary N) is 1. The number of hydrogen-bond donors (Lipinski definition) is 2. The summed E-state index contributed by atoms with van der Waals surface area (Å²) < 4.78 is 8.23. The highest BCUT2D eigenvalue weighted by atomic mass is 32.1. The summed E-state index contributed by atoms with van der Waals surface area (Å²) in [6, 6.07) is 9.93. The number of hydrogen-bond acceptors (Lipinski definition) is 4. The third-order valence-corrected chi connectivity index (χ3v) is 4.66. The van der Waals surface area contributed by atoms with Crippen LogP contribution in [0.15, 0.2) is 41.3 Å². The van der Waals surface area contributed by atoms with Crippen molar-refractivity contribution in [2.45, 2.75) is 44.6 Å². The summed E-state index contributed by atoms with van der Waals surface area (Å²) in [7, 11) is 0. The molecule has 1 aromatic heterocycles. The third-order valence-electron chi connectivity index (χ3n) is 4.36. The Labute approximate surface area is 139 Å². The summed E-state index contributed by atoms with van der Waals surface area (Å²) >= 11 is 5.35. The van der Waals surface area contributed by atoms with E-state index in [9.17, 15) is 9.90 Å². The average molecular weight is 332 g/mol. The van der Waals surface area contributed by atoms with Crippen molar-refractivity contribution >= 4 is 12.2 Å². The zero-order valence-corrected chi connectivity index (χ0v) is 14.0. The zero-order valence-electron chi connectivity index (χ0n) is 13.2. The van der Waals surface area contributed by atoms with Gasteiger partial charge in [-0.1, -0.05) is 30.3 Å². The molecular formula is C17H20N2O3S. The van der Waals surface area contributed by atoms with Gasteiger partial charge in [-0.15, -0.1) is 0 Å². The standard InChI is InChI=1S/C17H20N2O3S/c1-11-10-19(16(23)18-15(11)21)17(9-14(20)12(2)22-17)8-13-6-4-3-5-7-13/h3-7,10,12,14,20H,8-9H2,1-2H3,(H,18,21,23)/t12-,14+,17-/m1/s1. The van der Waals surface area contributed by atoms with Crippen molar-refractivity contribution in [3.8, 4) is 0 Å². The highest BCUT2D eigenvalue weighted by Crippen LogP contribution is 2.38. The molecule has 3 atom stereocenters. The van der Waals surface area contributed by atoms with Crippen LogP contribution in [0.1, 0.15) is 24.5 Å². The minimum atomic E-state index is -0.799. The molecule has 6 heteroatoms. The summed E-state index contributed by atoms with van der Waals surface area (Å²) in [4.78, 5) is 14.5. The quantitative estimate of drug-likeness (QED) is 0.846. The van der Waals surface area contributed by atoms with E-state index in [4.69, 9.17) is 17.0 Å². The van der Waals surface area contributed by atoms with Crippen LogP contribution in [-0.4, -0.2) is 26.9 Å². The van der Waals surface area contributed by atoms with E-state index >= 15 is 0 Å².